The third-order valence-corrected chi connectivity index (χ3v) is 8.84. The maximum atomic E-state index is 14.0. The summed E-state index contributed by atoms with van der Waals surface area (Å²) in [6.45, 7) is 10.2. The molecule has 0 aliphatic heterocycles. The first-order chi connectivity index (χ1) is 19.4. The first-order valence-corrected chi connectivity index (χ1v) is 14.5. The van der Waals surface area contributed by atoms with Crippen molar-refractivity contribution in [3.05, 3.63) is 77.0 Å². The fraction of sp³-hybridized carbons (Fsp3) is 0.364. The lowest BCUT2D eigenvalue weighted by molar-refractivity contribution is -0.121. The second kappa shape index (κ2) is 11.8. The molecule has 1 aromatic heterocycles. The Kier molecular flexibility index (Phi) is 8.75. The van der Waals surface area contributed by atoms with Gasteiger partial charge in [0.15, 0.2) is 11.5 Å². The van der Waals surface area contributed by atoms with Crippen molar-refractivity contribution < 1.29 is 28.2 Å². The molecule has 0 N–H and O–H groups in total. The third-order valence-electron chi connectivity index (χ3n) is 7.47. The molecule has 8 heteroatoms. The van der Waals surface area contributed by atoms with E-state index in [-0.39, 0.29) is 11.2 Å². The molecule has 0 bridgehead atoms. The molecule has 4 rings (SSSR count). The molecule has 6 nitrogen and oxygen atoms in total. The number of ether oxygens (including phenoxy) is 4. The van der Waals surface area contributed by atoms with E-state index in [4.69, 9.17) is 23.4 Å². The quantitative estimate of drug-likeness (QED) is 0.188. The van der Waals surface area contributed by atoms with Crippen LogP contribution in [0.4, 0.5) is 0 Å². The van der Waals surface area contributed by atoms with E-state index in [9.17, 15) is 4.79 Å². The topological polar surface area (TPSA) is 63.2 Å². The van der Waals surface area contributed by atoms with Crippen LogP contribution in [-0.4, -0.2) is 44.7 Å². The van der Waals surface area contributed by atoms with Gasteiger partial charge in [-0.05, 0) is 41.2 Å². The third kappa shape index (κ3) is 5.55. The number of carbonyl (C=O) groups excluding carboxylic acids is 1. The van der Waals surface area contributed by atoms with Crippen LogP contribution >= 0.6 is 11.3 Å². The average molecular weight is 590 g/mol. The van der Waals surface area contributed by atoms with Crippen molar-refractivity contribution in [2.24, 2.45) is 16.7 Å². The highest BCUT2D eigenvalue weighted by atomic mass is 32.1. The average Bonchev–Trinajstić information content (AvgIpc) is 3.37. The number of benzene rings is 2. The zero-order valence-electron chi connectivity index (χ0n) is 25.1. The minimum atomic E-state index is -0.727. The fourth-order valence-corrected chi connectivity index (χ4v) is 6.90. The summed E-state index contributed by atoms with van der Waals surface area (Å²) in [5.74, 6) is 2.00. The van der Waals surface area contributed by atoms with E-state index in [0.29, 0.717) is 28.8 Å². The van der Waals surface area contributed by atoms with E-state index in [1.807, 2.05) is 38.1 Å². The van der Waals surface area contributed by atoms with Gasteiger partial charge in [0.2, 0.25) is 0 Å². The lowest BCUT2D eigenvalue weighted by Gasteiger charge is -2.43. The molecule has 1 aliphatic carbocycles. The molecule has 215 valence electrons. The molecule has 3 radical (unpaired) electrons. The standard InChI is InChI=1S/C33H37O6SSi/c1-32(2,3)28-29(37-8)30(39-41)27(33(4,5)31(28)38-9)22(34)15-14-19-16-21(24(36-7)18-23(19)35-6)26-17-20-12-10-11-13-25(20)40-26/h10-18,27H,1-9H3. The molecule has 1 atom stereocenters. The van der Waals surface area contributed by atoms with Gasteiger partial charge in [0, 0.05) is 37.8 Å². The Balaban J connectivity index is 1.81. The van der Waals surface area contributed by atoms with Crippen molar-refractivity contribution in [2.45, 2.75) is 34.6 Å². The monoisotopic (exact) mass is 589 g/mol. The van der Waals surface area contributed by atoms with Gasteiger partial charge in [0.05, 0.1) is 34.4 Å². The normalized spacial score (nSPS) is 17.3. The van der Waals surface area contributed by atoms with E-state index in [1.54, 1.807) is 51.9 Å². The summed E-state index contributed by atoms with van der Waals surface area (Å²) in [5.41, 5.74) is 1.48. The number of ketones is 1. The molecule has 0 spiro atoms. The van der Waals surface area contributed by atoms with Crippen LogP contribution in [0.3, 0.4) is 0 Å². The number of carbonyl (C=O) groups is 1. The number of allylic oxidation sites excluding steroid dienone is 4. The van der Waals surface area contributed by atoms with E-state index >= 15 is 0 Å². The number of methoxy groups -OCH3 is 4. The first kappa shape index (κ1) is 30.5. The minimum Gasteiger partial charge on any atom is -0.540 e. The van der Waals surface area contributed by atoms with Gasteiger partial charge in [-0.3, -0.25) is 4.79 Å². The summed E-state index contributed by atoms with van der Waals surface area (Å²) in [6.07, 6.45) is 3.35. The predicted molar refractivity (Wildman–Crippen MR) is 166 cm³/mol. The Bertz CT molecular complexity index is 1520. The molecule has 0 amide bonds. The summed E-state index contributed by atoms with van der Waals surface area (Å²) < 4.78 is 30.1. The van der Waals surface area contributed by atoms with Gasteiger partial charge in [0.25, 0.3) is 0 Å². The van der Waals surface area contributed by atoms with Gasteiger partial charge in [-0.25, -0.2) is 0 Å². The molecule has 2 aromatic carbocycles. The molecule has 41 heavy (non-hydrogen) atoms. The van der Waals surface area contributed by atoms with Crippen LogP contribution in [0.1, 0.15) is 40.2 Å². The molecular formula is C33H37O6SSi. The Morgan fingerprint density at radius 3 is 2.20 bits per heavy atom. The lowest BCUT2D eigenvalue weighted by Crippen LogP contribution is -2.41. The van der Waals surface area contributed by atoms with E-state index < -0.39 is 11.3 Å². The SMILES string of the molecule is COC1=C(O[Si])C(C(=O)C=Cc2cc(-c3cc4ccccc4s3)c(OC)cc2OC)C(C)(C)C(OC)=C1C(C)(C)C. The molecule has 0 fully saturated rings. The molecule has 1 aliphatic rings. The molecule has 1 heterocycles. The summed E-state index contributed by atoms with van der Waals surface area (Å²) in [6, 6.07) is 14.2. The van der Waals surface area contributed by atoms with Crippen LogP contribution in [0.2, 0.25) is 0 Å². The van der Waals surface area contributed by atoms with Crippen LogP contribution < -0.4 is 9.47 Å². The number of hydrogen-bond donors (Lipinski definition) is 0. The Labute approximate surface area is 250 Å². The number of thiophene rings is 1. The van der Waals surface area contributed by atoms with Gasteiger partial charge in [0.1, 0.15) is 23.0 Å². The number of hydrogen-bond acceptors (Lipinski definition) is 7. The fourth-order valence-electron chi connectivity index (χ4n) is 5.61. The Hall–Kier alpha value is -3.49. The lowest BCUT2D eigenvalue weighted by atomic mass is 9.65. The highest BCUT2D eigenvalue weighted by Gasteiger charge is 2.50. The van der Waals surface area contributed by atoms with Crippen LogP contribution in [0.25, 0.3) is 26.6 Å². The van der Waals surface area contributed by atoms with Crippen LogP contribution in [-0.2, 0) is 18.7 Å². The Morgan fingerprint density at radius 1 is 0.951 bits per heavy atom. The minimum absolute atomic E-state index is 0.165. The van der Waals surface area contributed by atoms with Gasteiger partial charge in [-0.15, -0.1) is 11.3 Å². The summed E-state index contributed by atoms with van der Waals surface area (Å²) in [7, 11) is 9.67. The van der Waals surface area contributed by atoms with Crippen molar-refractivity contribution in [3.8, 4) is 21.9 Å². The number of fused-ring (bicyclic) bond motifs is 1. The first-order valence-electron chi connectivity index (χ1n) is 13.3. The van der Waals surface area contributed by atoms with Crippen LogP contribution in [0, 0.1) is 16.7 Å². The predicted octanol–water partition coefficient (Wildman–Crippen LogP) is 7.73. The zero-order chi connectivity index (χ0) is 30.1. The molecule has 0 saturated carbocycles. The van der Waals surface area contributed by atoms with Crippen molar-refractivity contribution >= 4 is 43.8 Å². The largest absolute Gasteiger partial charge is 0.540 e. The van der Waals surface area contributed by atoms with E-state index in [2.05, 4.69) is 49.5 Å². The summed E-state index contributed by atoms with van der Waals surface area (Å²) >= 11 is 1.69. The second-order valence-electron chi connectivity index (χ2n) is 11.5. The molecule has 1 unspecified atom stereocenters. The maximum absolute atomic E-state index is 14.0. The summed E-state index contributed by atoms with van der Waals surface area (Å²) in [5, 5.41) is 1.16. The van der Waals surface area contributed by atoms with Crippen molar-refractivity contribution in [2.75, 3.05) is 28.4 Å². The van der Waals surface area contributed by atoms with Crippen LogP contribution in [0.15, 0.2) is 71.4 Å². The van der Waals surface area contributed by atoms with Gasteiger partial charge in [-0.1, -0.05) is 52.8 Å². The zero-order valence-corrected chi connectivity index (χ0v) is 26.9. The van der Waals surface area contributed by atoms with Gasteiger partial charge < -0.3 is 23.4 Å². The van der Waals surface area contributed by atoms with Crippen molar-refractivity contribution in [3.63, 3.8) is 0 Å². The van der Waals surface area contributed by atoms with Gasteiger partial charge >= 0.3 is 10.5 Å². The highest BCUT2D eigenvalue weighted by molar-refractivity contribution is 7.22. The molecule has 3 aromatic rings. The van der Waals surface area contributed by atoms with E-state index in [1.165, 1.54) is 4.70 Å². The van der Waals surface area contributed by atoms with Crippen LogP contribution in [0.5, 0.6) is 11.5 Å². The van der Waals surface area contributed by atoms with Crippen molar-refractivity contribution in [1.29, 1.82) is 0 Å². The molecular weight excluding hydrogens is 553 g/mol. The van der Waals surface area contributed by atoms with Crippen molar-refractivity contribution in [1.82, 2.24) is 0 Å². The number of rotatable bonds is 9. The maximum Gasteiger partial charge on any atom is 0.340 e. The Morgan fingerprint density at radius 2 is 1.63 bits per heavy atom. The van der Waals surface area contributed by atoms with Gasteiger partial charge in [-0.2, -0.15) is 0 Å². The summed E-state index contributed by atoms with van der Waals surface area (Å²) in [4.78, 5) is 15.1. The molecule has 0 saturated heterocycles. The second-order valence-corrected chi connectivity index (χ2v) is 12.8. The van der Waals surface area contributed by atoms with E-state index in [0.717, 1.165) is 27.0 Å². The smallest absolute Gasteiger partial charge is 0.340 e. The highest BCUT2D eigenvalue weighted by Crippen LogP contribution is 2.53.